The number of likely N-dealkylation sites (tertiary alicyclic amines) is 1. The van der Waals surface area contributed by atoms with Crippen molar-refractivity contribution < 1.29 is 4.79 Å². The molecule has 1 saturated carbocycles. The van der Waals surface area contributed by atoms with Crippen LogP contribution >= 0.6 is 0 Å². The minimum absolute atomic E-state index is 0.0225. The highest BCUT2D eigenvalue weighted by molar-refractivity contribution is 6.04. The van der Waals surface area contributed by atoms with Crippen molar-refractivity contribution in [3.8, 4) is 0 Å². The molecule has 0 amide bonds. The lowest BCUT2D eigenvalue weighted by Gasteiger charge is -2.53. The van der Waals surface area contributed by atoms with Crippen molar-refractivity contribution in [2.75, 3.05) is 13.1 Å². The maximum Gasteiger partial charge on any atom is 0.187 e. The lowest BCUT2D eigenvalue weighted by molar-refractivity contribution is 0.0266. The first-order valence-electron chi connectivity index (χ1n) is 8.35. The second-order valence-corrected chi connectivity index (χ2v) is 7.55. The van der Waals surface area contributed by atoms with E-state index in [-0.39, 0.29) is 17.2 Å². The number of benzene rings is 1. The highest BCUT2D eigenvalue weighted by Gasteiger charge is 2.52. The second kappa shape index (κ2) is 4.67. The molecule has 22 heavy (non-hydrogen) atoms. The number of rotatable bonds is 2. The van der Waals surface area contributed by atoms with E-state index < -0.39 is 0 Å². The summed E-state index contributed by atoms with van der Waals surface area (Å²) in [5.41, 5.74) is 2.65. The molecular weight excluding hydrogens is 272 g/mol. The highest BCUT2D eigenvalue weighted by atomic mass is 16.1. The number of nitrogens with zero attached hydrogens (tertiary/aromatic N) is 2. The average Bonchev–Trinajstić information content (AvgIpc) is 3.33. The molecular formula is C19H22N2O. The Balaban J connectivity index is 1.80. The smallest absolute Gasteiger partial charge is 0.187 e. The van der Waals surface area contributed by atoms with Gasteiger partial charge in [0.25, 0.3) is 0 Å². The zero-order valence-corrected chi connectivity index (χ0v) is 13.3. The molecule has 2 fully saturated rings. The molecule has 1 saturated heterocycles. The van der Waals surface area contributed by atoms with Crippen LogP contribution < -0.4 is 0 Å². The molecule has 2 bridgehead atoms. The summed E-state index contributed by atoms with van der Waals surface area (Å²) in [6.07, 6.45) is 3.74. The topological polar surface area (TPSA) is 24.7 Å². The molecule has 0 spiro atoms. The predicted octanol–water partition coefficient (Wildman–Crippen LogP) is 3.81. The summed E-state index contributed by atoms with van der Waals surface area (Å²) in [6, 6.07) is 5.68. The summed E-state index contributed by atoms with van der Waals surface area (Å²) in [5, 5.41) is 0. The van der Waals surface area contributed by atoms with E-state index in [1.54, 1.807) is 6.07 Å². The van der Waals surface area contributed by atoms with Gasteiger partial charge in [-0.15, -0.1) is 0 Å². The van der Waals surface area contributed by atoms with Crippen LogP contribution in [0.15, 0.2) is 18.2 Å². The maximum atomic E-state index is 13.1. The van der Waals surface area contributed by atoms with Crippen LogP contribution in [0.3, 0.4) is 0 Å². The summed E-state index contributed by atoms with van der Waals surface area (Å²) in [6.45, 7) is 13.9. The van der Waals surface area contributed by atoms with Gasteiger partial charge in [0.2, 0.25) is 0 Å². The van der Waals surface area contributed by atoms with Crippen LogP contribution in [0.5, 0.6) is 0 Å². The first-order valence-corrected chi connectivity index (χ1v) is 8.35. The van der Waals surface area contributed by atoms with E-state index >= 15 is 0 Å². The van der Waals surface area contributed by atoms with Crippen LogP contribution in [0.25, 0.3) is 4.85 Å². The van der Waals surface area contributed by atoms with Gasteiger partial charge in [0.15, 0.2) is 11.5 Å². The minimum atomic E-state index is 0.0225. The van der Waals surface area contributed by atoms with Gasteiger partial charge in [-0.05, 0) is 48.6 Å². The van der Waals surface area contributed by atoms with E-state index in [4.69, 9.17) is 6.57 Å². The van der Waals surface area contributed by atoms with Crippen LogP contribution in [-0.2, 0) is 5.41 Å². The fraction of sp³-hybridized carbons (Fsp3) is 0.579. The summed E-state index contributed by atoms with van der Waals surface area (Å²) in [7, 11) is 0. The number of carbonyl (C=O) groups is 1. The Morgan fingerprint density at radius 3 is 2.86 bits per heavy atom. The first kappa shape index (κ1) is 14.0. The molecule has 3 heteroatoms. The van der Waals surface area contributed by atoms with E-state index in [0.717, 1.165) is 36.6 Å². The van der Waals surface area contributed by atoms with Crippen molar-refractivity contribution in [2.45, 2.75) is 44.6 Å². The van der Waals surface area contributed by atoms with Gasteiger partial charge in [-0.2, -0.15) is 0 Å². The molecule has 0 radical (unpaired) electrons. The van der Waals surface area contributed by atoms with E-state index in [1.807, 2.05) is 12.1 Å². The van der Waals surface area contributed by atoms with E-state index in [2.05, 4.69) is 23.6 Å². The quantitative estimate of drug-likeness (QED) is 0.775. The molecule has 1 unspecified atom stereocenters. The molecule has 1 heterocycles. The summed E-state index contributed by atoms with van der Waals surface area (Å²) in [4.78, 5) is 19.1. The summed E-state index contributed by atoms with van der Waals surface area (Å²) in [5.74, 6) is 1.41. The fourth-order valence-electron chi connectivity index (χ4n) is 4.47. The zero-order valence-electron chi connectivity index (χ0n) is 13.3. The number of piperidine rings is 1. The van der Waals surface area contributed by atoms with Crippen molar-refractivity contribution in [2.24, 2.45) is 11.8 Å². The maximum absolute atomic E-state index is 13.1. The molecule has 3 atom stereocenters. The van der Waals surface area contributed by atoms with Crippen LogP contribution in [0, 0.1) is 18.4 Å². The highest BCUT2D eigenvalue weighted by Crippen LogP contribution is 2.50. The Bertz CT molecular complexity index is 685. The molecule has 114 valence electrons. The molecule has 0 N–H and O–H groups in total. The molecule has 2 aliphatic carbocycles. The van der Waals surface area contributed by atoms with Gasteiger partial charge in [0.1, 0.15) is 0 Å². The normalized spacial score (nSPS) is 34.1. The molecule has 0 aromatic heterocycles. The van der Waals surface area contributed by atoms with Crippen LogP contribution in [0.4, 0.5) is 5.69 Å². The lowest BCUT2D eigenvalue weighted by atomic mass is 9.58. The number of carbonyl (C=O) groups excluding carboxylic acids is 1. The predicted molar refractivity (Wildman–Crippen MR) is 86.3 cm³/mol. The lowest BCUT2D eigenvalue weighted by Crippen LogP contribution is -2.61. The molecule has 1 aliphatic heterocycles. The largest absolute Gasteiger partial charge is 0.293 e. The molecule has 4 rings (SSSR count). The Hall–Kier alpha value is -1.66. The Kier molecular flexibility index (Phi) is 2.96. The van der Waals surface area contributed by atoms with Gasteiger partial charge in [0.05, 0.1) is 12.6 Å². The Morgan fingerprint density at radius 2 is 2.18 bits per heavy atom. The van der Waals surface area contributed by atoms with Crippen molar-refractivity contribution >= 4 is 11.5 Å². The summed E-state index contributed by atoms with van der Waals surface area (Å²) < 4.78 is 0. The van der Waals surface area contributed by atoms with Crippen LogP contribution in [0.2, 0.25) is 0 Å². The van der Waals surface area contributed by atoms with Crippen LogP contribution in [-0.4, -0.2) is 29.8 Å². The third-order valence-corrected chi connectivity index (χ3v) is 6.26. The average molecular weight is 294 g/mol. The standard InChI is InChI=1S/C19H22N2O/c1-12-17-18(22)15-7-6-14(20-3)10-16(15)19(12,2)8-9-21(17)11-13-4-5-13/h6-7,10,12-13,17H,4-5,8-9,11H2,1-2H3/t12-,17?,19+/m0/s1. The van der Waals surface area contributed by atoms with Crippen molar-refractivity contribution in [3.05, 3.63) is 40.7 Å². The van der Waals surface area contributed by atoms with Gasteiger partial charge >= 0.3 is 0 Å². The molecule has 1 aromatic rings. The van der Waals surface area contributed by atoms with Gasteiger partial charge in [-0.1, -0.05) is 32.0 Å². The van der Waals surface area contributed by atoms with Gasteiger partial charge in [0, 0.05) is 12.1 Å². The first-order chi connectivity index (χ1) is 10.5. The molecule has 3 aliphatic rings. The van der Waals surface area contributed by atoms with Crippen molar-refractivity contribution in [1.29, 1.82) is 0 Å². The van der Waals surface area contributed by atoms with Gasteiger partial charge in [-0.25, -0.2) is 4.85 Å². The van der Waals surface area contributed by atoms with E-state index in [0.29, 0.717) is 11.6 Å². The van der Waals surface area contributed by atoms with Gasteiger partial charge in [-0.3, -0.25) is 9.69 Å². The van der Waals surface area contributed by atoms with Gasteiger partial charge < -0.3 is 0 Å². The van der Waals surface area contributed by atoms with Crippen molar-refractivity contribution in [1.82, 2.24) is 4.90 Å². The zero-order chi connectivity index (χ0) is 15.5. The van der Waals surface area contributed by atoms with E-state index in [1.165, 1.54) is 12.8 Å². The summed E-state index contributed by atoms with van der Waals surface area (Å²) >= 11 is 0. The van der Waals surface area contributed by atoms with Crippen LogP contribution in [0.1, 0.15) is 49.0 Å². The monoisotopic (exact) mass is 294 g/mol. The molecule has 1 aromatic carbocycles. The third kappa shape index (κ3) is 1.87. The number of Topliss-reactive ketones (excluding diaryl/α,β-unsaturated/α-hetero) is 1. The number of hydrogen-bond donors (Lipinski definition) is 0. The SMILES string of the molecule is [C-]#[N+]c1ccc2c(c1)[C@]1(C)CCN(CC3CC3)C(C2=O)[C@@H]1C. The Labute approximate surface area is 132 Å². The second-order valence-electron chi connectivity index (χ2n) is 7.55. The number of hydrogen-bond acceptors (Lipinski definition) is 2. The third-order valence-electron chi connectivity index (χ3n) is 6.26. The number of fused-ring (bicyclic) bond motifs is 4. The fourth-order valence-corrected chi connectivity index (χ4v) is 4.47. The number of ketones is 1. The molecule has 3 nitrogen and oxygen atoms in total. The van der Waals surface area contributed by atoms with Crippen molar-refractivity contribution in [3.63, 3.8) is 0 Å². The van der Waals surface area contributed by atoms with E-state index in [9.17, 15) is 4.79 Å². The minimum Gasteiger partial charge on any atom is -0.293 e. The Morgan fingerprint density at radius 1 is 1.41 bits per heavy atom.